The molecule has 22 heavy (non-hydrogen) atoms. The van der Waals surface area contributed by atoms with E-state index in [0.717, 1.165) is 23.7 Å². The van der Waals surface area contributed by atoms with Crippen LogP contribution < -0.4 is 0 Å². The third kappa shape index (κ3) is 4.66. The third-order valence-corrected chi connectivity index (χ3v) is 4.70. The van der Waals surface area contributed by atoms with Crippen LogP contribution in [0.15, 0.2) is 30.3 Å². The number of nitrogens with zero attached hydrogens (tertiary/aromatic N) is 2. The highest BCUT2D eigenvalue weighted by Crippen LogP contribution is 2.16. The molecule has 1 saturated heterocycles. The second-order valence-electron chi connectivity index (χ2n) is 5.40. The number of rotatable bonds is 5. The number of carbonyl (C=O) groups excluding carboxylic acids is 2. The van der Waals surface area contributed by atoms with Crippen LogP contribution in [0, 0.1) is 0 Å². The first-order valence-corrected chi connectivity index (χ1v) is 8.52. The molecule has 1 heterocycles. The van der Waals surface area contributed by atoms with Crippen LogP contribution in [0.1, 0.15) is 18.9 Å². The van der Waals surface area contributed by atoms with Crippen LogP contribution in [-0.2, 0) is 16.1 Å². The smallest absolute Gasteiger partial charge is 0.410 e. The van der Waals surface area contributed by atoms with Gasteiger partial charge in [-0.15, -0.1) is 11.8 Å². The Kier molecular flexibility index (Phi) is 6.12. The van der Waals surface area contributed by atoms with Crippen molar-refractivity contribution in [3.05, 3.63) is 35.9 Å². The van der Waals surface area contributed by atoms with Crippen molar-refractivity contribution in [1.82, 2.24) is 9.80 Å². The highest BCUT2D eigenvalue weighted by atomic mass is 32.2. The predicted molar refractivity (Wildman–Crippen MR) is 87.5 cm³/mol. The fourth-order valence-electron chi connectivity index (χ4n) is 2.13. The van der Waals surface area contributed by atoms with Crippen molar-refractivity contribution in [2.45, 2.75) is 26.0 Å². The molecule has 0 N–H and O–H groups in total. The second-order valence-corrected chi connectivity index (χ2v) is 6.47. The van der Waals surface area contributed by atoms with Crippen molar-refractivity contribution in [2.75, 3.05) is 25.2 Å². The van der Waals surface area contributed by atoms with Crippen LogP contribution in [0.3, 0.4) is 0 Å². The summed E-state index contributed by atoms with van der Waals surface area (Å²) < 4.78 is 5.28. The number of carbonyl (C=O) groups is 2. The number of thioether (sulfide) groups is 1. The summed E-state index contributed by atoms with van der Waals surface area (Å²) in [6.45, 7) is 2.91. The fraction of sp³-hybridized carbons (Fsp3) is 0.500. The van der Waals surface area contributed by atoms with Gasteiger partial charge in [-0.3, -0.25) is 4.79 Å². The number of hydrogen-bond donors (Lipinski definition) is 0. The van der Waals surface area contributed by atoms with Crippen LogP contribution in [-0.4, -0.2) is 53.1 Å². The monoisotopic (exact) mass is 322 g/mol. The number of hydrogen-bond acceptors (Lipinski definition) is 4. The molecule has 0 saturated carbocycles. The molecule has 0 aromatic heterocycles. The molecule has 0 spiro atoms. The highest BCUT2D eigenvalue weighted by molar-refractivity contribution is 7.99. The van der Waals surface area contributed by atoms with E-state index in [9.17, 15) is 9.59 Å². The van der Waals surface area contributed by atoms with Crippen molar-refractivity contribution in [2.24, 2.45) is 0 Å². The Morgan fingerprint density at radius 1 is 1.36 bits per heavy atom. The summed E-state index contributed by atoms with van der Waals surface area (Å²) in [5, 5.41) is 0. The molecule has 1 fully saturated rings. The van der Waals surface area contributed by atoms with E-state index in [0.29, 0.717) is 6.42 Å². The van der Waals surface area contributed by atoms with Crippen molar-refractivity contribution < 1.29 is 14.3 Å². The SMILES string of the molecule is CC(CC(=O)N1CCSC1)N(C)C(=O)OCc1ccccc1. The average molecular weight is 322 g/mol. The molecule has 120 valence electrons. The lowest BCUT2D eigenvalue weighted by Gasteiger charge is -2.25. The average Bonchev–Trinajstić information content (AvgIpc) is 3.07. The lowest BCUT2D eigenvalue weighted by atomic mass is 10.2. The molecule has 1 aromatic rings. The van der Waals surface area contributed by atoms with Gasteiger partial charge in [0.05, 0.1) is 5.88 Å². The van der Waals surface area contributed by atoms with Crippen LogP contribution >= 0.6 is 11.8 Å². The lowest BCUT2D eigenvalue weighted by Crippen LogP contribution is -2.40. The van der Waals surface area contributed by atoms with E-state index in [1.807, 2.05) is 42.2 Å². The number of ether oxygens (including phenoxy) is 1. The van der Waals surface area contributed by atoms with Gasteiger partial charge < -0.3 is 14.5 Å². The van der Waals surface area contributed by atoms with Gasteiger partial charge in [-0.1, -0.05) is 30.3 Å². The van der Waals surface area contributed by atoms with E-state index in [1.165, 1.54) is 4.90 Å². The Balaban J connectivity index is 1.77. The third-order valence-electron chi connectivity index (χ3n) is 3.73. The molecular formula is C16H22N2O3S. The number of benzene rings is 1. The van der Waals surface area contributed by atoms with Crippen molar-refractivity contribution in [3.63, 3.8) is 0 Å². The standard InChI is InChI=1S/C16H22N2O3S/c1-13(10-15(19)18-8-9-22-12-18)17(2)16(20)21-11-14-6-4-3-5-7-14/h3-7,13H,8-12H2,1-2H3. The van der Waals surface area contributed by atoms with E-state index >= 15 is 0 Å². The zero-order chi connectivity index (χ0) is 15.9. The molecule has 0 bridgehead atoms. The Morgan fingerprint density at radius 3 is 2.73 bits per heavy atom. The molecule has 6 heteroatoms. The zero-order valence-electron chi connectivity index (χ0n) is 13.0. The minimum Gasteiger partial charge on any atom is -0.445 e. The van der Waals surface area contributed by atoms with E-state index in [4.69, 9.17) is 4.74 Å². The molecule has 2 amide bonds. The van der Waals surface area contributed by atoms with Gasteiger partial charge in [0.1, 0.15) is 6.61 Å². The second kappa shape index (κ2) is 8.08. The van der Waals surface area contributed by atoms with Gasteiger partial charge in [0.25, 0.3) is 0 Å². The maximum atomic E-state index is 12.1. The fourth-order valence-corrected chi connectivity index (χ4v) is 3.10. The molecule has 1 aromatic carbocycles. The first-order valence-electron chi connectivity index (χ1n) is 7.37. The minimum absolute atomic E-state index is 0.0974. The topological polar surface area (TPSA) is 49.9 Å². The van der Waals surface area contributed by atoms with Crippen molar-refractivity contribution in [3.8, 4) is 0 Å². The summed E-state index contributed by atoms with van der Waals surface area (Å²) in [4.78, 5) is 27.5. The number of amides is 2. The molecule has 5 nitrogen and oxygen atoms in total. The van der Waals surface area contributed by atoms with Crippen LogP contribution in [0.5, 0.6) is 0 Å². The van der Waals surface area contributed by atoms with Crippen LogP contribution in [0.2, 0.25) is 0 Å². The van der Waals surface area contributed by atoms with Gasteiger partial charge in [0.2, 0.25) is 5.91 Å². The summed E-state index contributed by atoms with van der Waals surface area (Å²) in [7, 11) is 1.67. The van der Waals surface area contributed by atoms with Gasteiger partial charge in [-0.2, -0.15) is 0 Å². The summed E-state index contributed by atoms with van der Waals surface area (Å²) in [6.07, 6.45) is -0.0720. The highest BCUT2D eigenvalue weighted by Gasteiger charge is 2.24. The molecular weight excluding hydrogens is 300 g/mol. The van der Waals surface area contributed by atoms with Gasteiger partial charge >= 0.3 is 6.09 Å². The molecule has 2 rings (SSSR count). The predicted octanol–water partition coefficient (Wildman–Crippen LogP) is 2.57. The van der Waals surface area contributed by atoms with Gasteiger partial charge in [-0.25, -0.2) is 4.79 Å². The van der Waals surface area contributed by atoms with Gasteiger partial charge in [0, 0.05) is 31.8 Å². The molecule has 1 aliphatic rings. The summed E-state index contributed by atoms with van der Waals surface area (Å²) in [5.41, 5.74) is 0.946. The van der Waals surface area contributed by atoms with Crippen molar-refractivity contribution in [1.29, 1.82) is 0 Å². The van der Waals surface area contributed by atoms with E-state index < -0.39 is 6.09 Å². The van der Waals surface area contributed by atoms with Crippen LogP contribution in [0.25, 0.3) is 0 Å². The molecule has 0 aliphatic carbocycles. The Labute approximate surface area is 135 Å². The van der Waals surface area contributed by atoms with Gasteiger partial charge in [-0.05, 0) is 12.5 Å². The first kappa shape index (κ1) is 16.7. The summed E-state index contributed by atoms with van der Waals surface area (Å²) in [6, 6.07) is 9.37. The maximum absolute atomic E-state index is 12.1. The van der Waals surface area contributed by atoms with E-state index in [-0.39, 0.29) is 18.6 Å². The quantitative estimate of drug-likeness (QED) is 0.836. The maximum Gasteiger partial charge on any atom is 0.410 e. The summed E-state index contributed by atoms with van der Waals surface area (Å²) in [5.74, 6) is 1.85. The Bertz CT molecular complexity index is 503. The molecule has 1 aliphatic heterocycles. The largest absolute Gasteiger partial charge is 0.445 e. The van der Waals surface area contributed by atoms with Crippen molar-refractivity contribution >= 4 is 23.8 Å². The normalized spacial score (nSPS) is 15.5. The molecule has 0 radical (unpaired) electrons. The minimum atomic E-state index is -0.403. The zero-order valence-corrected chi connectivity index (χ0v) is 13.8. The lowest BCUT2D eigenvalue weighted by molar-refractivity contribution is -0.130. The van der Waals surface area contributed by atoms with E-state index in [1.54, 1.807) is 18.8 Å². The van der Waals surface area contributed by atoms with E-state index in [2.05, 4.69) is 0 Å². The van der Waals surface area contributed by atoms with Gasteiger partial charge in [0.15, 0.2) is 0 Å². The van der Waals surface area contributed by atoms with Crippen LogP contribution in [0.4, 0.5) is 4.79 Å². The molecule has 1 atom stereocenters. The Hall–Kier alpha value is -1.69. The molecule has 1 unspecified atom stereocenters. The Morgan fingerprint density at radius 2 is 2.09 bits per heavy atom. The summed E-state index contributed by atoms with van der Waals surface area (Å²) >= 11 is 1.76. The first-order chi connectivity index (χ1) is 10.6.